The Balaban J connectivity index is 2.10. The van der Waals surface area contributed by atoms with Gasteiger partial charge in [-0.3, -0.25) is 9.69 Å². The summed E-state index contributed by atoms with van der Waals surface area (Å²) in [5.41, 5.74) is 0. The van der Waals surface area contributed by atoms with Crippen LogP contribution in [0.25, 0.3) is 0 Å². The Morgan fingerprint density at radius 2 is 2.23 bits per heavy atom. The lowest BCUT2D eigenvalue weighted by molar-refractivity contribution is -0.131. The first-order chi connectivity index (χ1) is 6.33. The summed E-state index contributed by atoms with van der Waals surface area (Å²) < 4.78 is 4.46. The minimum absolute atomic E-state index is 0.0907. The maximum Gasteiger partial charge on any atom is 0.293 e. The van der Waals surface area contributed by atoms with Gasteiger partial charge in [-0.1, -0.05) is 0 Å². The van der Waals surface area contributed by atoms with Crippen LogP contribution in [0.2, 0.25) is 0 Å². The molecule has 0 aromatic carbocycles. The lowest BCUT2D eigenvalue weighted by Gasteiger charge is -2.28. The molecule has 0 aromatic heterocycles. The molecule has 1 unspecified atom stereocenters. The second-order valence-electron chi connectivity index (χ2n) is 3.13. The molecule has 0 amide bonds. The maximum absolute atomic E-state index is 9.84. The topological polar surface area (TPSA) is 61.8 Å². The number of nitrogens with one attached hydrogen (secondary N) is 1. The van der Waals surface area contributed by atoms with Gasteiger partial charge in [0.15, 0.2) is 0 Å². The number of piperazine rings is 1. The van der Waals surface area contributed by atoms with Crippen molar-refractivity contribution in [1.29, 1.82) is 0 Å². The first-order valence-electron chi connectivity index (χ1n) is 4.49. The van der Waals surface area contributed by atoms with E-state index >= 15 is 0 Å². The highest BCUT2D eigenvalue weighted by Crippen LogP contribution is 1.95. The Morgan fingerprint density at radius 3 is 2.85 bits per heavy atom. The van der Waals surface area contributed by atoms with Crippen molar-refractivity contribution < 1.29 is 14.6 Å². The van der Waals surface area contributed by atoms with E-state index in [4.69, 9.17) is 0 Å². The summed E-state index contributed by atoms with van der Waals surface area (Å²) in [6.07, 6.45) is -0.566. The van der Waals surface area contributed by atoms with Crippen molar-refractivity contribution in [3.05, 3.63) is 0 Å². The second kappa shape index (κ2) is 5.90. The molecular weight excluding hydrogens is 172 g/mol. The van der Waals surface area contributed by atoms with E-state index in [1.807, 2.05) is 0 Å². The zero-order valence-corrected chi connectivity index (χ0v) is 7.61. The lowest BCUT2D eigenvalue weighted by Crippen LogP contribution is -2.47. The van der Waals surface area contributed by atoms with Gasteiger partial charge < -0.3 is 15.2 Å². The Kier molecular flexibility index (Phi) is 4.74. The van der Waals surface area contributed by atoms with Crippen LogP contribution < -0.4 is 5.32 Å². The Bertz CT molecular complexity index is 148. The number of β-amino-alcohol motifs (C(OH)–C–C–N with tert-alkyl or cyclic N) is 1. The van der Waals surface area contributed by atoms with Crippen LogP contribution in [0.15, 0.2) is 0 Å². The van der Waals surface area contributed by atoms with E-state index in [0.717, 1.165) is 26.2 Å². The highest BCUT2D eigenvalue weighted by Gasteiger charge is 2.13. The number of carbonyl (C=O) groups excluding carboxylic acids is 1. The van der Waals surface area contributed by atoms with Crippen molar-refractivity contribution in [2.24, 2.45) is 0 Å². The summed E-state index contributed by atoms with van der Waals surface area (Å²) in [6.45, 7) is 4.84. The molecule has 5 nitrogen and oxygen atoms in total. The number of hydrogen-bond acceptors (Lipinski definition) is 5. The van der Waals surface area contributed by atoms with Crippen LogP contribution in [0.4, 0.5) is 0 Å². The molecule has 0 aliphatic carbocycles. The van der Waals surface area contributed by atoms with Crippen LogP contribution in [0.3, 0.4) is 0 Å². The average molecular weight is 188 g/mol. The van der Waals surface area contributed by atoms with Crippen molar-refractivity contribution in [2.75, 3.05) is 39.3 Å². The molecule has 0 bridgehead atoms. The van der Waals surface area contributed by atoms with Gasteiger partial charge in [0.1, 0.15) is 12.7 Å². The Morgan fingerprint density at radius 1 is 1.54 bits per heavy atom. The van der Waals surface area contributed by atoms with Crippen LogP contribution in [0.1, 0.15) is 0 Å². The fraction of sp³-hybridized carbons (Fsp3) is 0.875. The molecule has 0 aromatic rings. The molecule has 1 aliphatic rings. The highest BCUT2D eigenvalue weighted by molar-refractivity contribution is 5.36. The third kappa shape index (κ3) is 4.21. The van der Waals surface area contributed by atoms with E-state index in [2.05, 4.69) is 15.0 Å². The van der Waals surface area contributed by atoms with Gasteiger partial charge in [-0.05, 0) is 0 Å². The summed E-state index contributed by atoms with van der Waals surface area (Å²) in [4.78, 5) is 12.0. The summed E-state index contributed by atoms with van der Waals surface area (Å²) >= 11 is 0. The van der Waals surface area contributed by atoms with E-state index in [1.165, 1.54) is 0 Å². The molecular formula is C8H16N2O3. The van der Waals surface area contributed by atoms with Gasteiger partial charge in [0.25, 0.3) is 6.47 Å². The predicted octanol–water partition coefficient (Wildman–Crippen LogP) is -1.57. The summed E-state index contributed by atoms with van der Waals surface area (Å²) in [5, 5.41) is 12.6. The number of carbonyl (C=O) groups is 1. The number of aliphatic hydroxyl groups is 1. The first-order valence-corrected chi connectivity index (χ1v) is 4.49. The van der Waals surface area contributed by atoms with Gasteiger partial charge in [-0.15, -0.1) is 0 Å². The first kappa shape index (κ1) is 10.4. The third-order valence-electron chi connectivity index (χ3n) is 2.04. The van der Waals surface area contributed by atoms with Crippen molar-refractivity contribution in [2.45, 2.75) is 6.10 Å². The van der Waals surface area contributed by atoms with Crippen LogP contribution in [0.5, 0.6) is 0 Å². The zero-order chi connectivity index (χ0) is 9.52. The van der Waals surface area contributed by atoms with E-state index in [9.17, 15) is 9.90 Å². The van der Waals surface area contributed by atoms with E-state index in [-0.39, 0.29) is 6.61 Å². The fourth-order valence-electron chi connectivity index (χ4n) is 1.39. The number of nitrogens with zero attached hydrogens (tertiary/aromatic N) is 1. The molecule has 0 radical (unpaired) electrons. The normalized spacial score (nSPS) is 21.0. The minimum Gasteiger partial charge on any atom is -0.465 e. The lowest BCUT2D eigenvalue weighted by atomic mass is 10.3. The van der Waals surface area contributed by atoms with Gasteiger partial charge in [-0.25, -0.2) is 0 Å². The van der Waals surface area contributed by atoms with Crippen LogP contribution in [-0.2, 0) is 9.53 Å². The Labute approximate surface area is 77.7 Å². The fourth-order valence-corrected chi connectivity index (χ4v) is 1.39. The molecule has 0 spiro atoms. The molecule has 1 fully saturated rings. The van der Waals surface area contributed by atoms with Crippen molar-refractivity contribution in [1.82, 2.24) is 10.2 Å². The van der Waals surface area contributed by atoms with Crippen molar-refractivity contribution in [3.63, 3.8) is 0 Å². The Hall–Kier alpha value is -0.650. The van der Waals surface area contributed by atoms with Crippen LogP contribution >= 0.6 is 0 Å². The average Bonchev–Trinajstić information content (AvgIpc) is 2.16. The van der Waals surface area contributed by atoms with E-state index in [1.54, 1.807) is 0 Å². The zero-order valence-electron chi connectivity index (χ0n) is 7.61. The van der Waals surface area contributed by atoms with Crippen LogP contribution in [-0.4, -0.2) is 61.9 Å². The molecule has 1 rings (SSSR count). The van der Waals surface area contributed by atoms with Gasteiger partial charge in [-0.2, -0.15) is 0 Å². The van der Waals surface area contributed by atoms with Gasteiger partial charge in [0, 0.05) is 32.7 Å². The number of hydrogen-bond donors (Lipinski definition) is 2. The largest absolute Gasteiger partial charge is 0.465 e. The van der Waals surface area contributed by atoms with Gasteiger partial charge >= 0.3 is 0 Å². The van der Waals surface area contributed by atoms with E-state index < -0.39 is 6.10 Å². The smallest absolute Gasteiger partial charge is 0.293 e. The molecule has 5 heteroatoms. The quantitative estimate of drug-likeness (QED) is 0.510. The molecule has 0 saturated carbocycles. The third-order valence-corrected chi connectivity index (χ3v) is 2.04. The molecule has 1 aliphatic heterocycles. The summed E-state index contributed by atoms with van der Waals surface area (Å²) in [6, 6.07) is 0. The number of aliphatic hydroxyl groups excluding tert-OH is 1. The van der Waals surface area contributed by atoms with Gasteiger partial charge in [0.2, 0.25) is 0 Å². The second-order valence-corrected chi connectivity index (χ2v) is 3.13. The standard InChI is InChI=1S/C8H16N2O3/c11-7-13-6-8(12)5-10-3-1-9-2-4-10/h7-9,12H,1-6H2. The molecule has 1 atom stereocenters. The minimum atomic E-state index is -0.566. The molecule has 13 heavy (non-hydrogen) atoms. The predicted molar refractivity (Wildman–Crippen MR) is 47.3 cm³/mol. The highest BCUT2D eigenvalue weighted by atomic mass is 16.5. The summed E-state index contributed by atoms with van der Waals surface area (Å²) in [5.74, 6) is 0. The molecule has 1 heterocycles. The van der Waals surface area contributed by atoms with Gasteiger partial charge in [0.05, 0.1) is 0 Å². The number of rotatable bonds is 5. The monoisotopic (exact) mass is 188 g/mol. The SMILES string of the molecule is O=COCC(O)CN1CCNCC1. The molecule has 76 valence electrons. The molecule has 1 saturated heterocycles. The maximum atomic E-state index is 9.84. The number of ether oxygens (including phenoxy) is 1. The van der Waals surface area contributed by atoms with E-state index in [0.29, 0.717) is 13.0 Å². The van der Waals surface area contributed by atoms with Crippen molar-refractivity contribution in [3.8, 4) is 0 Å². The molecule has 2 N–H and O–H groups in total. The van der Waals surface area contributed by atoms with Crippen molar-refractivity contribution >= 4 is 6.47 Å². The summed E-state index contributed by atoms with van der Waals surface area (Å²) in [7, 11) is 0. The van der Waals surface area contributed by atoms with Crippen LogP contribution in [0, 0.1) is 0 Å².